The van der Waals surface area contributed by atoms with Crippen molar-refractivity contribution in [2.45, 2.75) is 13.2 Å². The number of anilines is 2. The van der Waals surface area contributed by atoms with Crippen molar-refractivity contribution in [3.63, 3.8) is 0 Å². The highest BCUT2D eigenvalue weighted by atomic mass is 31.2. The Balaban J connectivity index is 1.95. The zero-order chi connectivity index (χ0) is 14.8. The molecule has 1 atom stereocenters. The van der Waals surface area contributed by atoms with Crippen LogP contribution in [0, 0.1) is 0 Å². The quantitative estimate of drug-likeness (QED) is 0.509. The molecule has 0 bridgehead atoms. The van der Waals surface area contributed by atoms with Crippen LogP contribution in [0.4, 0.5) is 11.8 Å². The number of hydrogen-bond donors (Lipinski definition) is 3. The summed E-state index contributed by atoms with van der Waals surface area (Å²) in [5, 5.41) is 0. The summed E-state index contributed by atoms with van der Waals surface area (Å²) in [6.07, 6.45) is 2.28. The Morgan fingerprint density at radius 3 is 2.90 bits per heavy atom. The summed E-state index contributed by atoms with van der Waals surface area (Å²) in [4.78, 5) is 21.1. The van der Waals surface area contributed by atoms with Crippen LogP contribution in [0.2, 0.25) is 0 Å². The van der Waals surface area contributed by atoms with Gasteiger partial charge < -0.3 is 21.1 Å². The Hall–Kier alpha value is -1.70. The van der Waals surface area contributed by atoms with Gasteiger partial charge in [0.25, 0.3) is 0 Å². The molecule has 0 saturated heterocycles. The zero-order valence-electron chi connectivity index (χ0n) is 11.1. The van der Waals surface area contributed by atoms with Crippen molar-refractivity contribution < 1.29 is 14.2 Å². The van der Waals surface area contributed by atoms with Gasteiger partial charge in [-0.25, -0.2) is 4.98 Å². The largest absolute Gasteiger partial charge is 0.382 e. The summed E-state index contributed by atoms with van der Waals surface area (Å²) in [6, 6.07) is 0. The SMILES string of the molecule is CP(=O)(O)CCCOCn1cnc2c(N)nc(N)nc21. The van der Waals surface area contributed by atoms with Crippen LogP contribution in [0.5, 0.6) is 0 Å². The van der Waals surface area contributed by atoms with E-state index in [4.69, 9.17) is 21.1 Å². The molecule has 0 amide bonds. The summed E-state index contributed by atoms with van der Waals surface area (Å²) in [7, 11) is -2.97. The highest BCUT2D eigenvalue weighted by molar-refractivity contribution is 7.57. The number of ether oxygens (including phenoxy) is 1. The fourth-order valence-electron chi connectivity index (χ4n) is 1.70. The Morgan fingerprint density at radius 1 is 1.45 bits per heavy atom. The summed E-state index contributed by atoms with van der Waals surface area (Å²) in [5.41, 5.74) is 12.2. The number of imidazole rings is 1. The van der Waals surface area contributed by atoms with Gasteiger partial charge in [-0.2, -0.15) is 9.97 Å². The minimum atomic E-state index is -2.97. The minimum absolute atomic E-state index is 0.0731. The van der Waals surface area contributed by atoms with E-state index in [1.807, 2.05) is 0 Å². The van der Waals surface area contributed by atoms with Gasteiger partial charge in [-0.3, -0.25) is 9.13 Å². The lowest BCUT2D eigenvalue weighted by atomic mass is 10.5. The molecule has 10 heteroatoms. The lowest BCUT2D eigenvalue weighted by Crippen LogP contribution is -2.06. The maximum absolute atomic E-state index is 11.1. The summed E-state index contributed by atoms with van der Waals surface area (Å²) < 4.78 is 18.2. The predicted octanol–water partition coefficient (Wildman–Crippen LogP) is 0.255. The van der Waals surface area contributed by atoms with Crippen LogP contribution in [-0.2, 0) is 16.0 Å². The molecule has 20 heavy (non-hydrogen) atoms. The van der Waals surface area contributed by atoms with E-state index in [0.717, 1.165) is 0 Å². The molecular weight excluding hydrogens is 283 g/mol. The number of hydrogen-bond acceptors (Lipinski definition) is 7. The van der Waals surface area contributed by atoms with E-state index >= 15 is 0 Å². The van der Waals surface area contributed by atoms with Gasteiger partial charge in [-0.1, -0.05) is 0 Å². The number of nitrogen functional groups attached to an aromatic ring is 2. The first-order chi connectivity index (χ1) is 9.37. The highest BCUT2D eigenvalue weighted by Crippen LogP contribution is 2.35. The average Bonchev–Trinajstić information content (AvgIpc) is 2.70. The summed E-state index contributed by atoms with van der Waals surface area (Å²) in [6.45, 7) is 1.92. The van der Waals surface area contributed by atoms with Crippen LogP contribution in [0.1, 0.15) is 6.42 Å². The zero-order valence-corrected chi connectivity index (χ0v) is 12.0. The van der Waals surface area contributed by atoms with Crippen molar-refractivity contribution in [2.75, 3.05) is 30.9 Å². The monoisotopic (exact) mass is 300 g/mol. The van der Waals surface area contributed by atoms with Gasteiger partial charge in [-0.05, 0) is 6.42 Å². The standard InChI is InChI=1S/C10H17N6O3P/c1-20(17,18)4-2-3-19-6-16-5-13-7-8(11)14-10(12)15-9(7)16/h5H,2-4,6H2,1H3,(H,17,18)(H4,11,12,14,15). The third-order valence-electron chi connectivity index (χ3n) is 2.60. The lowest BCUT2D eigenvalue weighted by Gasteiger charge is -2.07. The van der Waals surface area contributed by atoms with Crippen molar-refractivity contribution in [3.05, 3.63) is 6.33 Å². The first-order valence-corrected chi connectivity index (χ1v) is 8.27. The van der Waals surface area contributed by atoms with Crippen LogP contribution >= 0.6 is 7.37 Å². The van der Waals surface area contributed by atoms with Gasteiger partial charge in [0.05, 0.1) is 6.33 Å². The van der Waals surface area contributed by atoms with E-state index in [1.165, 1.54) is 13.0 Å². The Labute approximate surface area is 115 Å². The molecule has 0 fully saturated rings. The molecule has 0 aromatic carbocycles. The van der Waals surface area contributed by atoms with E-state index < -0.39 is 7.37 Å². The van der Waals surface area contributed by atoms with E-state index in [2.05, 4.69) is 15.0 Å². The molecular formula is C10H17N6O3P. The maximum atomic E-state index is 11.1. The number of fused-ring (bicyclic) bond motifs is 1. The van der Waals surface area contributed by atoms with Crippen LogP contribution in [0.3, 0.4) is 0 Å². The molecule has 2 rings (SSSR count). The molecule has 1 unspecified atom stereocenters. The van der Waals surface area contributed by atoms with Crippen LogP contribution in [0.25, 0.3) is 11.2 Å². The molecule has 0 saturated carbocycles. The second-order valence-corrected chi connectivity index (χ2v) is 7.07. The molecule has 2 aromatic rings. The highest BCUT2D eigenvalue weighted by Gasteiger charge is 2.11. The second kappa shape index (κ2) is 5.74. The van der Waals surface area contributed by atoms with Crippen LogP contribution in [-0.4, -0.2) is 43.8 Å². The number of aromatic nitrogens is 4. The Morgan fingerprint density at radius 2 is 2.20 bits per heavy atom. The van der Waals surface area contributed by atoms with Gasteiger partial charge in [0, 0.05) is 19.4 Å². The van der Waals surface area contributed by atoms with Gasteiger partial charge >= 0.3 is 0 Å². The van der Waals surface area contributed by atoms with Crippen molar-refractivity contribution in [1.29, 1.82) is 0 Å². The van der Waals surface area contributed by atoms with Gasteiger partial charge in [-0.15, -0.1) is 0 Å². The van der Waals surface area contributed by atoms with Crippen molar-refractivity contribution >= 4 is 30.3 Å². The summed E-state index contributed by atoms with van der Waals surface area (Å²) >= 11 is 0. The molecule has 0 aliphatic carbocycles. The van der Waals surface area contributed by atoms with E-state index in [-0.39, 0.29) is 24.7 Å². The lowest BCUT2D eigenvalue weighted by molar-refractivity contribution is 0.0798. The first-order valence-electron chi connectivity index (χ1n) is 5.97. The number of nitrogens with two attached hydrogens (primary N) is 2. The van der Waals surface area contributed by atoms with E-state index in [1.54, 1.807) is 4.57 Å². The molecule has 0 aliphatic rings. The van der Waals surface area contributed by atoms with Gasteiger partial charge in [0.15, 0.2) is 18.8 Å². The van der Waals surface area contributed by atoms with E-state index in [0.29, 0.717) is 24.2 Å². The topological polar surface area (TPSA) is 142 Å². The third kappa shape index (κ3) is 3.66. The molecule has 0 spiro atoms. The Bertz CT molecular complexity index is 652. The number of rotatable bonds is 6. The van der Waals surface area contributed by atoms with Gasteiger partial charge in [0.2, 0.25) is 5.95 Å². The molecule has 2 aromatic heterocycles. The maximum Gasteiger partial charge on any atom is 0.224 e. The Kier molecular flexibility index (Phi) is 4.22. The fraction of sp³-hybridized carbons (Fsp3) is 0.500. The fourth-order valence-corrected chi connectivity index (χ4v) is 2.42. The molecule has 5 N–H and O–H groups in total. The summed E-state index contributed by atoms with van der Waals surface area (Å²) in [5.74, 6) is 0.294. The predicted molar refractivity (Wildman–Crippen MR) is 75.3 cm³/mol. The first kappa shape index (κ1) is 14.7. The average molecular weight is 300 g/mol. The minimum Gasteiger partial charge on any atom is -0.382 e. The number of nitrogens with zero attached hydrogens (tertiary/aromatic N) is 4. The van der Waals surface area contributed by atoms with Crippen molar-refractivity contribution in [3.8, 4) is 0 Å². The third-order valence-corrected chi connectivity index (χ3v) is 3.75. The van der Waals surface area contributed by atoms with Crippen LogP contribution < -0.4 is 11.5 Å². The van der Waals surface area contributed by atoms with Crippen molar-refractivity contribution in [2.24, 2.45) is 0 Å². The van der Waals surface area contributed by atoms with Crippen molar-refractivity contribution in [1.82, 2.24) is 19.5 Å². The normalized spacial score (nSPS) is 14.5. The second-order valence-electron chi connectivity index (χ2n) is 4.52. The van der Waals surface area contributed by atoms with Gasteiger partial charge in [0.1, 0.15) is 12.2 Å². The van der Waals surface area contributed by atoms with Crippen LogP contribution in [0.15, 0.2) is 6.33 Å². The molecule has 9 nitrogen and oxygen atoms in total. The molecule has 2 heterocycles. The van der Waals surface area contributed by atoms with E-state index in [9.17, 15) is 4.57 Å². The molecule has 110 valence electrons. The smallest absolute Gasteiger partial charge is 0.224 e. The molecule has 0 radical (unpaired) electrons. The molecule has 0 aliphatic heterocycles.